The molecule has 0 aliphatic rings. The highest BCUT2D eigenvalue weighted by molar-refractivity contribution is 5.36. The fourth-order valence-electron chi connectivity index (χ4n) is 2.01. The zero-order valence-electron chi connectivity index (χ0n) is 10.8. The van der Waals surface area contributed by atoms with Crippen LogP contribution in [0.2, 0.25) is 0 Å². The van der Waals surface area contributed by atoms with Gasteiger partial charge in [0.15, 0.2) is 0 Å². The van der Waals surface area contributed by atoms with E-state index in [0.29, 0.717) is 5.56 Å². The van der Waals surface area contributed by atoms with Gasteiger partial charge >= 0.3 is 6.18 Å². The quantitative estimate of drug-likeness (QED) is 0.671. The summed E-state index contributed by atoms with van der Waals surface area (Å²) < 4.78 is 37.6. The molecule has 1 heterocycles. The summed E-state index contributed by atoms with van der Waals surface area (Å²) in [6, 6.07) is 6.35. The zero-order chi connectivity index (χ0) is 14.8. The highest BCUT2D eigenvalue weighted by Crippen LogP contribution is 2.31. The van der Waals surface area contributed by atoms with Gasteiger partial charge < -0.3 is 0 Å². The Hall–Kier alpha value is -1.92. The normalized spacial score (nSPS) is 13.2. The number of aromatic nitrogens is 1. The third kappa shape index (κ3) is 2.97. The number of alkyl halides is 3. The molecule has 0 radical (unpaired) electrons. The van der Waals surface area contributed by atoms with Gasteiger partial charge in [-0.05, 0) is 41.8 Å². The van der Waals surface area contributed by atoms with E-state index in [1.807, 2.05) is 13.0 Å². The van der Waals surface area contributed by atoms with E-state index in [0.717, 1.165) is 23.3 Å². The third-order valence-corrected chi connectivity index (χ3v) is 3.13. The molecule has 0 saturated heterocycles. The lowest BCUT2D eigenvalue weighted by atomic mass is 9.96. The molecule has 106 valence electrons. The van der Waals surface area contributed by atoms with Gasteiger partial charge in [0, 0.05) is 12.4 Å². The lowest BCUT2D eigenvalue weighted by Gasteiger charge is -2.19. The molecule has 20 heavy (non-hydrogen) atoms. The average molecular weight is 281 g/mol. The number of hydrogen-bond acceptors (Lipinski definition) is 3. The molecule has 0 spiro atoms. The Kier molecular flexibility index (Phi) is 4.06. The van der Waals surface area contributed by atoms with Crippen LogP contribution in [0.25, 0.3) is 0 Å². The van der Waals surface area contributed by atoms with E-state index >= 15 is 0 Å². The molecule has 3 nitrogen and oxygen atoms in total. The molecule has 3 N–H and O–H groups in total. The molecule has 0 aliphatic carbocycles. The summed E-state index contributed by atoms with van der Waals surface area (Å²) in [5, 5.41) is 0. The van der Waals surface area contributed by atoms with Crippen LogP contribution in [0.5, 0.6) is 0 Å². The minimum Gasteiger partial charge on any atom is -0.271 e. The SMILES string of the molecule is Cc1ccncc1C(NN)c1ccc(C(F)(F)F)cc1. The predicted octanol–water partition coefficient (Wildman–Crippen LogP) is 2.96. The van der Waals surface area contributed by atoms with E-state index in [2.05, 4.69) is 10.4 Å². The molecule has 0 saturated carbocycles. The van der Waals surface area contributed by atoms with Crippen molar-refractivity contribution in [3.05, 3.63) is 65.0 Å². The second kappa shape index (κ2) is 5.60. The lowest BCUT2D eigenvalue weighted by molar-refractivity contribution is -0.137. The second-order valence-corrected chi connectivity index (χ2v) is 4.45. The van der Waals surface area contributed by atoms with Crippen molar-refractivity contribution in [2.24, 2.45) is 5.84 Å². The number of nitrogens with zero attached hydrogens (tertiary/aromatic N) is 1. The van der Waals surface area contributed by atoms with E-state index in [1.165, 1.54) is 12.1 Å². The van der Waals surface area contributed by atoms with Crippen LogP contribution in [0.4, 0.5) is 13.2 Å². The van der Waals surface area contributed by atoms with Crippen LogP contribution in [-0.2, 0) is 6.18 Å². The van der Waals surface area contributed by atoms with Gasteiger partial charge in [0.25, 0.3) is 0 Å². The Balaban J connectivity index is 2.36. The van der Waals surface area contributed by atoms with E-state index in [9.17, 15) is 13.2 Å². The first-order chi connectivity index (χ1) is 9.43. The summed E-state index contributed by atoms with van der Waals surface area (Å²) in [5.41, 5.74) is 4.37. The second-order valence-electron chi connectivity index (χ2n) is 4.45. The average Bonchev–Trinajstić information content (AvgIpc) is 2.41. The Morgan fingerprint density at radius 3 is 2.30 bits per heavy atom. The Labute approximate surface area is 114 Å². The topological polar surface area (TPSA) is 50.9 Å². The van der Waals surface area contributed by atoms with Crippen LogP contribution in [0, 0.1) is 6.92 Å². The number of aryl methyl sites for hydroxylation is 1. The molecule has 0 bridgehead atoms. The molecule has 1 atom stereocenters. The molecule has 2 aromatic rings. The van der Waals surface area contributed by atoms with Crippen molar-refractivity contribution in [3.63, 3.8) is 0 Å². The molecule has 0 fully saturated rings. The number of halogens is 3. The van der Waals surface area contributed by atoms with Crippen LogP contribution in [-0.4, -0.2) is 4.98 Å². The number of nitrogens with one attached hydrogen (secondary N) is 1. The highest BCUT2D eigenvalue weighted by atomic mass is 19.4. The van der Waals surface area contributed by atoms with Crippen LogP contribution >= 0.6 is 0 Å². The van der Waals surface area contributed by atoms with Crippen molar-refractivity contribution in [1.82, 2.24) is 10.4 Å². The van der Waals surface area contributed by atoms with Gasteiger partial charge in [-0.2, -0.15) is 13.2 Å². The van der Waals surface area contributed by atoms with Crippen molar-refractivity contribution in [2.75, 3.05) is 0 Å². The summed E-state index contributed by atoms with van der Waals surface area (Å²) in [6.45, 7) is 1.89. The van der Waals surface area contributed by atoms with Gasteiger partial charge in [0.2, 0.25) is 0 Å². The third-order valence-electron chi connectivity index (χ3n) is 3.13. The number of hydrazine groups is 1. The number of benzene rings is 1. The predicted molar refractivity (Wildman–Crippen MR) is 69.6 cm³/mol. The molecule has 1 unspecified atom stereocenters. The van der Waals surface area contributed by atoms with Crippen LogP contribution in [0.15, 0.2) is 42.7 Å². The largest absolute Gasteiger partial charge is 0.416 e. The van der Waals surface area contributed by atoms with Gasteiger partial charge in [0.1, 0.15) is 0 Å². The van der Waals surface area contributed by atoms with Crippen molar-refractivity contribution in [1.29, 1.82) is 0 Å². The molecular weight excluding hydrogens is 267 g/mol. The minimum atomic E-state index is -4.34. The van der Waals surface area contributed by atoms with Gasteiger partial charge in [0.05, 0.1) is 11.6 Å². The van der Waals surface area contributed by atoms with Crippen molar-refractivity contribution in [3.8, 4) is 0 Å². The molecule has 1 aromatic carbocycles. The maximum atomic E-state index is 12.5. The molecule has 6 heteroatoms. The molecule has 0 aliphatic heterocycles. The van der Waals surface area contributed by atoms with Crippen LogP contribution in [0.3, 0.4) is 0 Å². The molecule has 1 aromatic heterocycles. The zero-order valence-corrected chi connectivity index (χ0v) is 10.8. The first-order valence-corrected chi connectivity index (χ1v) is 5.97. The smallest absolute Gasteiger partial charge is 0.271 e. The van der Waals surface area contributed by atoms with E-state index in [4.69, 9.17) is 5.84 Å². The maximum absolute atomic E-state index is 12.5. The molecule has 2 rings (SSSR count). The highest BCUT2D eigenvalue weighted by Gasteiger charge is 2.30. The minimum absolute atomic E-state index is 0.397. The monoisotopic (exact) mass is 281 g/mol. The van der Waals surface area contributed by atoms with Gasteiger partial charge in [-0.25, -0.2) is 5.43 Å². The fraction of sp³-hybridized carbons (Fsp3) is 0.214. The van der Waals surface area contributed by atoms with E-state index in [1.54, 1.807) is 12.4 Å². The van der Waals surface area contributed by atoms with Crippen LogP contribution in [0.1, 0.15) is 28.3 Å². The van der Waals surface area contributed by atoms with Crippen molar-refractivity contribution in [2.45, 2.75) is 19.1 Å². The Morgan fingerprint density at radius 2 is 1.80 bits per heavy atom. The number of pyridine rings is 1. The number of rotatable bonds is 3. The summed E-state index contributed by atoms with van der Waals surface area (Å²) >= 11 is 0. The molecular formula is C14H14F3N3. The lowest BCUT2D eigenvalue weighted by Crippen LogP contribution is -2.29. The summed E-state index contributed by atoms with van der Waals surface area (Å²) in [4.78, 5) is 4.02. The van der Waals surface area contributed by atoms with Crippen molar-refractivity contribution >= 4 is 0 Å². The maximum Gasteiger partial charge on any atom is 0.416 e. The Morgan fingerprint density at radius 1 is 1.15 bits per heavy atom. The van der Waals surface area contributed by atoms with E-state index < -0.39 is 17.8 Å². The standard InChI is InChI=1S/C14H14F3N3/c1-9-6-7-19-8-12(9)13(20-18)10-2-4-11(5-3-10)14(15,16)17/h2-8,13,20H,18H2,1H3. The van der Waals surface area contributed by atoms with E-state index in [-0.39, 0.29) is 0 Å². The first kappa shape index (κ1) is 14.5. The summed E-state index contributed by atoms with van der Waals surface area (Å²) in [7, 11) is 0. The summed E-state index contributed by atoms with van der Waals surface area (Å²) in [5.74, 6) is 5.53. The van der Waals surface area contributed by atoms with Gasteiger partial charge in [-0.3, -0.25) is 10.8 Å². The van der Waals surface area contributed by atoms with Crippen LogP contribution < -0.4 is 11.3 Å². The fourth-order valence-corrected chi connectivity index (χ4v) is 2.01. The first-order valence-electron chi connectivity index (χ1n) is 5.97. The van der Waals surface area contributed by atoms with Crippen molar-refractivity contribution < 1.29 is 13.2 Å². The Bertz CT molecular complexity index is 579. The number of nitrogens with two attached hydrogens (primary N) is 1. The van der Waals surface area contributed by atoms with Gasteiger partial charge in [-0.1, -0.05) is 12.1 Å². The number of hydrogen-bond donors (Lipinski definition) is 2. The molecule has 0 amide bonds. The van der Waals surface area contributed by atoms with Gasteiger partial charge in [-0.15, -0.1) is 0 Å². The summed E-state index contributed by atoms with van der Waals surface area (Å²) in [6.07, 6.45) is -1.04.